The summed E-state index contributed by atoms with van der Waals surface area (Å²) in [6, 6.07) is 0. The van der Waals surface area contributed by atoms with Gasteiger partial charge in [-0.15, -0.1) is 0 Å². The van der Waals surface area contributed by atoms with Crippen molar-refractivity contribution in [1.82, 2.24) is 9.97 Å². The van der Waals surface area contributed by atoms with E-state index in [-0.39, 0.29) is 5.41 Å². The summed E-state index contributed by atoms with van der Waals surface area (Å²) >= 11 is 3.45. The Morgan fingerprint density at radius 1 is 1.09 bits per heavy atom. The number of hydrogen-bond donors (Lipinski definition) is 0. The molecule has 1 aliphatic rings. The fourth-order valence-electron chi connectivity index (χ4n) is 2.36. The lowest BCUT2D eigenvalue weighted by atomic mass is 9.80. The molecule has 2 aromatic rings. The van der Waals surface area contributed by atoms with Crippen LogP contribution >= 0.6 is 15.9 Å². The topological polar surface area (TPSA) is 57.4 Å². The van der Waals surface area contributed by atoms with E-state index in [1.165, 1.54) is 0 Å². The molecule has 3 rings (SSSR count). The van der Waals surface area contributed by atoms with Gasteiger partial charge in [0.05, 0.1) is 11.2 Å². The van der Waals surface area contributed by atoms with E-state index in [2.05, 4.69) is 46.7 Å². The van der Waals surface area contributed by atoms with Gasteiger partial charge in [0.2, 0.25) is 5.89 Å². The first kappa shape index (κ1) is 16.9. The van der Waals surface area contributed by atoms with Crippen LogP contribution in [0.3, 0.4) is 0 Å². The molecule has 3 heterocycles. The average molecular weight is 381 g/mol. The molecule has 7 heteroatoms. The number of rotatable bonds is 1. The Balaban J connectivity index is 2.13. The monoisotopic (exact) mass is 380 g/mol. The van der Waals surface area contributed by atoms with Gasteiger partial charge in [0.1, 0.15) is 10.1 Å². The van der Waals surface area contributed by atoms with Crippen molar-refractivity contribution in [3.8, 4) is 0 Å². The molecule has 0 atom stereocenters. The highest BCUT2D eigenvalue weighted by Crippen LogP contribution is 2.37. The van der Waals surface area contributed by atoms with Crippen LogP contribution < -0.4 is 5.46 Å². The number of aromatic nitrogens is 2. The van der Waals surface area contributed by atoms with Gasteiger partial charge < -0.3 is 13.7 Å². The number of halogens is 1. The first-order valence-electron chi connectivity index (χ1n) is 7.73. The number of pyridine rings is 1. The zero-order valence-electron chi connectivity index (χ0n) is 14.7. The number of fused-ring (bicyclic) bond motifs is 1. The summed E-state index contributed by atoms with van der Waals surface area (Å²) in [6.45, 7) is 14.3. The van der Waals surface area contributed by atoms with Crippen molar-refractivity contribution in [2.45, 2.75) is 65.1 Å². The Kier molecular flexibility index (Phi) is 3.71. The molecule has 23 heavy (non-hydrogen) atoms. The lowest BCUT2D eigenvalue weighted by Gasteiger charge is -2.32. The van der Waals surface area contributed by atoms with E-state index >= 15 is 0 Å². The Hall–Kier alpha value is -0.915. The molecule has 1 aliphatic heterocycles. The van der Waals surface area contributed by atoms with Gasteiger partial charge >= 0.3 is 7.12 Å². The SMILES string of the molecule is CC(C)(C)c1nc2c(Br)ncc(B3OC(C)(C)C(C)(C)O3)c2o1. The van der Waals surface area contributed by atoms with Crippen molar-refractivity contribution in [3.63, 3.8) is 0 Å². The molecule has 0 amide bonds. The predicted octanol–water partition coefficient (Wildman–Crippen LogP) is 3.58. The van der Waals surface area contributed by atoms with Crippen molar-refractivity contribution in [2.75, 3.05) is 0 Å². The molecule has 0 spiro atoms. The minimum atomic E-state index is -0.524. The van der Waals surface area contributed by atoms with Crippen LogP contribution in [0.4, 0.5) is 0 Å². The fraction of sp³-hybridized carbons (Fsp3) is 0.625. The molecule has 1 fully saturated rings. The largest absolute Gasteiger partial charge is 0.500 e. The third kappa shape index (κ3) is 2.73. The Bertz CT molecular complexity index is 749. The van der Waals surface area contributed by atoms with Crippen molar-refractivity contribution >= 4 is 39.6 Å². The molecule has 2 aromatic heterocycles. The smallest absolute Gasteiger partial charge is 0.440 e. The van der Waals surface area contributed by atoms with E-state index in [0.717, 1.165) is 5.46 Å². The lowest BCUT2D eigenvalue weighted by molar-refractivity contribution is 0.00578. The second-order valence-electron chi connectivity index (χ2n) is 8.04. The molecule has 0 N–H and O–H groups in total. The average Bonchev–Trinajstić information content (AvgIpc) is 2.90. The van der Waals surface area contributed by atoms with Gasteiger partial charge in [-0.25, -0.2) is 9.97 Å². The highest BCUT2D eigenvalue weighted by atomic mass is 79.9. The molecule has 0 saturated carbocycles. The maximum Gasteiger partial charge on any atom is 0.500 e. The van der Waals surface area contributed by atoms with Crippen LogP contribution in [0.2, 0.25) is 0 Å². The molecular weight excluding hydrogens is 359 g/mol. The van der Waals surface area contributed by atoms with Gasteiger partial charge in [-0.05, 0) is 43.6 Å². The first-order valence-corrected chi connectivity index (χ1v) is 8.53. The van der Waals surface area contributed by atoms with E-state index in [1.54, 1.807) is 6.20 Å². The molecule has 0 aliphatic carbocycles. The van der Waals surface area contributed by atoms with Crippen LogP contribution in [0.15, 0.2) is 15.2 Å². The normalized spacial score (nSPS) is 20.4. The quantitative estimate of drug-likeness (QED) is 0.559. The van der Waals surface area contributed by atoms with E-state index < -0.39 is 18.3 Å². The first-order chi connectivity index (χ1) is 10.4. The van der Waals surface area contributed by atoms with Crippen molar-refractivity contribution < 1.29 is 13.7 Å². The third-order valence-electron chi connectivity index (χ3n) is 4.55. The van der Waals surface area contributed by atoms with Crippen LogP contribution in [0.5, 0.6) is 0 Å². The Labute approximate surface area is 145 Å². The van der Waals surface area contributed by atoms with Crippen LogP contribution in [0, 0.1) is 0 Å². The second kappa shape index (κ2) is 5.04. The van der Waals surface area contributed by atoms with Crippen molar-refractivity contribution in [1.29, 1.82) is 0 Å². The van der Waals surface area contributed by atoms with Gasteiger partial charge in [-0.2, -0.15) is 0 Å². The highest BCUT2D eigenvalue weighted by Gasteiger charge is 2.52. The molecule has 0 radical (unpaired) electrons. The number of oxazole rings is 1. The van der Waals surface area contributed by atoms with Crippen LogP contribution in [0.1, 0.15) is 54.4 Å². The van der Waals surface area contributed by atoms with Gasteiger partial charge in [-0.3, -0.25) is 0 Å². The van der Waals surface area contributed by atoms with Gasteiger partial charge in [-0.1, -0.05) is 20.8 Å². The summed E-state index contributed by atoms with van der Waals surface area (Å²) in [5.74, 6) is 0.666. The summed E-state index contributed by atoms with van der Waals surface area (Å²) in [5, 5.41) is 0. The van der Waals surface area contributed by atoms with E-state index in [4.69, 9.17) is 13.7 Å². The Morgan fingerprint density at radius 3 is 2.17 bits per heavy atom. The molecular formula is C16H22BBrN2O3. The number of nitrogens with zero attached hydrogens (tertiary/aromatic N) is 2. The zero-order valence-corrected chi connectivity index (χ0v) is 16.2. The zero-order chi connectivity index (χ0) is 17.2. The van der Waals surface area contributed by atoms with E-state index in [9.17, 15) is 0 Å². The summed E-state index contributed by atoms with van der Waals surface area (Å²) in [4.78, 5) is 8.98. The predicted molar refractivity (Wildman–Crippen MR) is 93.9 cm³/mol. The van der Waals surface area contributed by atoms with Crippen molar-refractivity contribution in [3.05, 3.63) is 16.7 Å². The maximum absolute atomic E-state index is 6.13. The standard InChI is InChI=1S/C16H22BBrN2O3/c1-14(2,3)13-20-10-11(21-13)9(8-19-12(10)18)17-22-15(4,5)16(6,7)23-17/h8H,1-7H3. The fourth-order valence-corrected chi connectivity index (χ4v) is 2.73. The Morgan fingerprint density at radius 2 is 1.65 bits per heavy atom. The van der Waals surface area contributed by atoms with E-state index in [1.807, 2.05) is 27.7 Å². The molecule has 0 bridgehead atoms. The molecule has 0 aromatic carbocycles. The minimum absolute atomic E-state index is 0.189. The summed E-state index contributed by atoms with van der Waals surface area (Å²) < 4.78 is 19.0. The summed E-state index contributed by atoms with van der Waals surface area (Å²) in [5.41, 5.74) is 1.11. The number of hydrogen-bond acceptors (Lipinski definition) is 5. The second-order valence-corrected chi connectivity index (χ2v) is 8.79. The van der Waals surface area contributed by atoms with Crippen LogP contribution in [-0.2, 0) is 14.7 Å². The molecule has 124 valence electrons. The highest BCUT2D eigenvalue weighted by molar-refractivity contribution is 9.10. The maximum atomic E-state index is 6.13. The lowest BCUT2D eigenvalue weighted by Crippen LogP contribution is -2.41. The molecule has 0 unspecified atom stereocenters. The van der Waals surface area contributed by atoms with Crippen LogP contribution in [-0.4, -0.2) is 28.3 Å². The summed E-state index contributed by atoms with van der Waals surface area (Å²) in [7, 11) is -0.524. The van der Waals surface area contributed by atoms with E-state index in [0.29, 0.717) is 21.6 Å². The minimum Gasteiger partial charge on any atom is -0.440 e. The molecule has 1 saturated heterocycles. The third-order valence-corrected chi connectivity index (χ3v) is 5.13. The van der Waals surface area contributed by atoms with Gasteiger partial charge in [0.25, 0.3) is 0 Å². The van der Waals surface area contributed by atoms with Gasteiger partial charge in [0.15, 0.2) is 5.58 Å². The van der Waals surface area contributed by atoms with Crippen LogP contribution in [0.25, 0.3) is 11.1 Å². The molecule has 5 nitrogen and oxygen atoms in total. The van der Waals surface area contributed by atoms with Gasteiger partial charge in [0, 0.05) is 17.1 Å². The summed E-state index contributed by atoms with van der Waals surface area (Å²) in [6.07, 6.45) is 1.73. The van der Waals surface area contributed by atoms with Crippen molar-refractivity contribution in [2.24, 2.45) is 0 Å².